The summed E-state index contributed by atoms with van der Waals surface area (Å²) in [5.41, 5.74) is 5.26. The summed E-state index contributed by atoms with van der Waals surface area (Å²) in [4.78, 5) is 27.1. The Morgan fingerprint density at radius 2 is 1.91 bits per heavy atom. The number of ether oxygens (including phenoxy) is 1. The van der Waals surface area contributed by atoms with Crippen molar-refractivity contribution in [3.8, 4) is 0 Å². The van der Waals surface area contributed by atoms with E-state index in [1.807, 2.05) is 18.7 Å². The molecular formula is C16H30ClN3O3. The number of nitrogens with zero attached hydrogens (tertiary/aromatic N) is 1. The van der Waals surface area contributed by atoms with Crippen molar-refractivity contribution in [2.45, 2.75) is 58.0 Å². The first kappa shape index (κ1) is 20.2. The maximum atomic E-state index is 12.6. The van der Waals surface area contributed by atoms with E-state index in [0.717, 1.165) is 19.4 Å². The van der Waals surface area contributed by atoms with Gasteiger partial charge in [0.15, 0.2) is 0 Å². The highest BCUT2D eigenvalue weighted by Gasteiger charge is 2.40. The van der Waals surface area contributed by atoms with Crippen LogP contribution in [-0.2, 0) is 14.3 Å². The van der Waals surface area contributed by atoms with Crippen molar-refractivity contribution in [3.05, 3.63) is 0 Å². The molecule has 3 N–H and O–H groups in total. The van der Waals surface area contributed by atoms with Gasteiger partial charge in [-0.05, 0) is 32.1 Å². The Kier molecular flexibility index (Phi) is 7.77. The van der Waals surface area contributed by atoms with Gasteiger partial charge >= 0.3 is 0 Å². The molecule has 0 radical (unpaired) electrons. The maximum Gasteiger partial charge on any atom is 0.245 e. The minimum Gasteiger partial charge on any atom is -0.381 e. The Morgan fingerprint density at radius 1 is 1.30 bits per heavy atom. The highest BCUT2D eigenvalue weighted by molar-refractivity contribution is 5.91. The molecule has 0 spiro atoms. The molecule has 0 aliphatic carbocycles. The summed E-state index contributed by atoms with van der Waals surface area (Å²) in [7, 11) is 0. The average Bonchev–Trinajstić information content (AvgIpc) is 2.91. The molecule has 2 fully saturated rings. The van der Waals surface area contributed by atoms with E-state index in [1.165, 1.54) is 0 Å². The zero-order valence-corrected chi connectivity index (χ0v) is 15.0. The second-order valence-electron chi connectivity index (χ2n) is 6.38. The van der Waals surface area contributed by atoms with Gasteiger partial charge in [0, 0.05) is 32.3 Å². The molecule has 0 aromatic heterocycles. The van der Waals surface area contributed by atoms with Crippen molar-refractivity contribution < 1.29 is 14.3 Å². The second-order valence-corrected chi connectivity index (χ2v) is 6.38. The zero-order chi connectivity index (χ0) is 16.2. The molecule has 2 rings (SSSR count). The predicted molar refractivity (Wildman–Crippen MR) is 91.4 cm³/mol. The molecule has 0 saturated carbocycles. The second kappa shape index (κ2) is 8.85. The largest absolute Gasteiger partial charge is 0.381 e. The van der Waals surface area contributed by atoms with E-state index < -0.39 is 5.41 Å². The number of halogens is 1. The molecule has 1 atom stereocenters. The van der Waals surface area contributed by atoms with Crippen LogP contribution in [0.15, 0.2) is 0 Å². The lowest BCUT2D eigenvalue weighted by Crippen LogP contribution is -2.52. The molecule has 1 unspecified atom stereocenters. The third-order valence-corrected chi connectivity index (χ3v) is 5.40. The smallest absolute Gasteiger partial charge is 0.245 e. The molecule has 7 heteroatoms. The number of carbonyl (C=O) groups excluding carboxylic acids is 2. The summed E-state index contributed by atoms with van der Waals surface area (Å²) in [5.74, 6) is -0.0226. The minimum atomic E-state index is -0.549. The van der Waals surface area contributed by atoms with Crippen LogP contribution in [0.1, 0.15) is 46.0 Å². The number of carbonyl (C=O) groups is 2. The van der Waals surface area contributed by atoms with Crippen molar-refractivity contribution in [1.82, 2.24) is 10.2 Å². The lowest BCUT2D eigenvalue weighted by molar-refractivity contribution is -0.138. The topological polar surface area (TPSA) is 84.7 Å². The van der Waals surface area contributed by atoms with E-state index in [0.29, 0.717) is 39.0 Å². The first-order chi connectivity index (χ1) is 10.6. The standard InChI is InChI=1S/C16H29N3O3.ClH/c1-3-16(4-2,11-17)15(21)18-13-5-8-19(14(13)20)12-6-9-22-10-7-12;/h12-13H,3-11,17H2,1-2H3,(H,18,21);1H. The van der Waals surface area contributed by atoms with E-state index in [4.69, 9.17) is 10.5 Å². The van der Waals surface area contributed by atoms with Crippen LogP contribution < -0.4 is 11.1 Å². The van der Waals surface area contributed by atoms with Crippen LogP contribution >= 0.6 is 12.4 Å². The fourth-order valence-corrected chi connectivity index (χ4v) is 3.46. The Bertz CT molecular complexity index is 401. The zero-order valence-electron chi connectivity index (χ0n) is 14.2. The fourth-order valence-electron chi connectivity index (χ4n) is 3.46. The number of hydrogen-bond acceptors (Lipinski definition) is 4. The monoisotopic (exact) mass is 347 g/mol. The Balaban J connectivity index is 0.00000264. The number of amides is 2. The maximum absolute atomic E-state index is 12.6. The van der Waals surface area contributed by atoms with Gasteiger partial charge in [0.2, 0.25) is 11.8 Å². The van der Waals surface area contributed by atoms with Gasteiger partial charge < -0.3 is 20.7 Å². The van der Waals surface area contributed by atoms with Gasteiger partial charge in [-0.1, -0.05) is 13.8 Å². The van der Waals surface area contributed by atoms with Gasteiger partial charge in [-0.3, -0.25) is 9.59 Å². The van der Waals surface area contributed by atoms with Crippen molar-refractivity contribution in [2.24, 2.45) is 11.1 Å². The molecule has 0 aromatic carbocycles. The molecular weight excluding hydrogens is 318 g/mol. The van der Waals surface area contributed by atoms with Crippen LogP contribution in [0.3, 0.4) is 0 Å². The van der Waals surface area contributed by atoms with Gasteiger partial charge in [-0.15, -0.1) is 12.4 Å². The third kappa shape index (κ3) is 4.17. The predicted octanol–water partition coefficient (Wildman–Crippen LogP) is 1.07. The first-order valence-corrected chi connectivity index (χ1v) is 8.47. The summed E-state index contributed by atoms with van der Waals surface area (Å²) in [6.45, 7) is 6.42. The number of nitrogens with one attached hydrogen (secondary N) is 1. The Labute approximate surface area is 144 Å². The molecule has 23 heavy (non-hydrogen) atoms. The van der Waals surface area contributed by atoms with Gasteiger partial charge in [-0.25, -0.2) is 0 Å². The summed E-state index contributed by atoms with van der Waals surface area (Å²) in [5, 5.41) is 2.95. The molecule has 134 valence electrons. The summed E-state index contributed by atoms with van der Waals surface area (Å²) in [6, 6.07) is -0.126. The van der Waals surface area contributed by atoms with E-state index in [-0.39, 0.29) is 36.3 Å². The van der Waals surface area contributed by atoms with E-state index in [2.05, 4.69) is 5.32 Å². The van der Waals surface area contributed by atoms with Crippen molar-refractivity contribution in [1.29, 1.82) is 0 Å². The van der Waals surface area contributed by atoms with Crippen LogP contribution in [-0.4, -0.2) is 55.1 Å². The first-order valence-electron chi connectivity index (χ1n) is 8.47. The molecule has 0 aromatic rings. The summed E-state index contributed by atoms with van der Waals surface area (Å²) < 4.78 is 5.35. The van der Waals surface area contributed by atoms with Crippen molar-refractivity contribution in [3.63, 3.8) is 0 Å². The van der Waals surface area contributed by atoms with Gasteiger partial charge in [0.05, 0.1) is 5.41 Å². The van der Waals surface area contributed by atoms with E-state index in [1.54, 1.807) is 0 Å². The van der Waals surface area contributed by atoms with E-state index >= 15 is 0 Å². The molecule has 2 aliphatic heterocycles. The van der Waals surface area contributed by atoms with Crippen LogP contribution in [0, 0.1) is 5.41 Å². The van der Waals surface area contributed by atoms with Crippen LogP contribution in [0.25, 0.3) is 0 Å². The number of rotatable bonds is 6. The van der Waals surface area contributed by atoms with Crippen LogP contribution in [0.4, 0.5) is 0 Å². The summed E-state index contributed by atoms with van der Waals surface area (Å²) >= 11 is 0. The number of hydrogen-bond donors (Lipinski definition) is 2. The Hall–Kier alpha value is -0.850. The SMILES string of the molecule is CCC(CC)(CN)C(=O)NC1CCN(C2CCOCC2)C1=O.Cl. The molecule has 6 nitrogen and oxygen atoms in total. The van der Waals surface area contributed by atoms with E-state index in [9.17, 15) is 9.59 Å². The lowest BCUT2D eigenvalue weighted by Gasteiger charge is -2.32. The quantitative estimate of drug-likeness (QED) is 0.752. The summed E-state index contributed by atoms with van der Waals surface area (Å²) in [6.07, 6.45) is 3.86. The Morgan fingerprint density at radius 3 is 2.43 bits per heavy atom. The van der Waals surface area contributed by atoms with Gasteiger partial charge in [0.25, 0.3) is 0 Å². The van der Waals surface area contributed by atoms with Crippen LogP contribution in [0.2, 0.25) is 0 Å². The highest BCUT2D eigenvalue weighted by atomic mass is 35.5. The molecule has 2 heterocycles. The number of nitrogens with two attached hydrogens (primary N) is 1. The van der Waals surface area contributed by atoms with Gasteiger partial charge in [0.1, 0.15) is 6.04 Å². The molecule has 2 amide bonds. The molecule has 2 saturated heterocycles. The highest BCUT2D eigenvalue weighted by Crippen LogP contribution is 2.27. The normalized spacial score (nSPS) is 22.8. The molecule has 2 aliphatic rings. The number of likely N-dealkylation sites (tertiary alicyclic amines) is 1. The third-order valence-electron chi connectivity index (χ3n) is 5.40. The molecule has 0 bridgehead atoms. The fraction of sp³-hybridized carbons (Fsp3) is 0.875. The van der Waals surface area contributed by atoms with Crippen LogP contribution in [0.5, 0.6) is 0 Å². The van der Waals surface area contributed by atoms with Crippen molar-refractivity contribution in [2.75, 3.05) is 26.3 Å². The lowest BCUT2D eigenvalue weighted by atomic mass is 9.81. The minimum absolute atomic E-state index is 0. The average molecular weight is 348 g/mol. The van der Waals surface area contributed by atoms with Crippen molar-refractivity contribution >= 4 is 24.2 Å². The van der Waals surface area contributed by atoms with Gasteiger partial charge in [-0.2, -0.15) is 0 Å².